The number of nitrogens with zero attached hydrogens (tertiary/aromatic N) is 4. The summed E-state index contributed by atoms with van der Waals surface area (Å²) >= 11 is 0. The van der Waals surface area contributed by atoms with Crippen molar-refractivity contribution in [2.24, 2.45) is 0 Å². The molecule has 0 saturated heterocycles. The van der Waals surface area contributed by atoms with Crippen LogP contribution in [0.4, 0.5) is 10.6 Å². The minimum Gasteiger partial charge on any atom is -0.480 e. The third-order valence-corrected chi connectivity index (χ3v) is 3.15. The van der Waals surface area contributed by atoms with Crippen molar-refractivity contribution in [3.05, 3.63) is 12.7 Å². The molecule has 9 heteroatoms. The number of carbonyl (C=O) groups excluding carboxylic acids is 1. The molecular formula is C13H17N5O4. The van der Waals surface area contributed by atoms with Crippen molar-refractivity contribution < 1.29 is 19.4 Å². The summed E-state index contributed by atoms with van der Waals surface area (Å²) in [6.07, 6.45) is 2.56. The maximum absolute atomic E-state index is 11.9. The molecule has 0 aliphatic carbocycles. The number of carboxylic acid groups (broad SMARTS) is 1. The van der Waals surface area contributed by atoms with Gasteiger partial charge in [-0.15, -0.1) is 0 Å². The SMILES string of the molecule is CCC(C)(C)OC(=O)Nc1ncnc2c1ncn2CC(=O)O. The summed E-state index contributed by atoms with van der Waals surface area (Å²) in [7, 11) is 0. The lowest BCUT2D eigenvalue weighted by Gasteiger charge is -2.23. The van der Waals surface area contributed by atoms with E-state index in [1.54, 1.807) is 13.8 Å². The normalized spacial score (nSPS) is 11.4. The summed E-state index contributed by atoms with van der Waals surface area (Å²) in [5.41, 5.74) is 0.0243. The van der Waals surface area contributed by atoms with Crippen molar-refractivity contribution >= 4 is 29.0 Å². The van der Waals surface area contributed by atoms with Gasteiger partial charge in [0.1, 0.15) is 18.5 Å². The van der Waals surface area contributed by atoms with Crippen molar-refractivity contribution in [3.8, 4) is 0 Å². The lowest BCUT2D eigenvalue weighted by Crippen LogP contribution is -2.30. The molecule has 0 aliphatic rings. The largest absolute Gasteiger partial charge is 0.480 e. The zero-order valence-corrected chi connectivity index (χ0v) is 12.5. The summed E-state index contributed by atoms with van der Waals surface area (Å²) in [5.74, 6) is -0.845. The van der Waals surface area contributed by atoms with Gasteiger partial charge in [-0.25, -0.2) is 19.7 Å². The van der Waals surface area contributed by atoms with Gasteiger partial charge < -0.3 is 14.4 Å². The van der Waals surface area contributed by atoms with Crippen LogP contribution in [0.15, 0.2) is 12.7 Å². The second-order valence-corrected chi connectivity index (χ2v) is 5.29. The number of hydrogen-bond acceptors (Lipinski definition) is 6. The van der Waals surface area contributed by atoms with Gasteiger partial charge in [0.2, 0.25) is 0 Å². The quantitative estimate of drug-likeness (QED) is 0.861. The first kappa shape index (κ1) is 15.7. The Labute approximate surface area is 126 Å². The topological polar surface area (TPSA) is 119 Å². The molecule has 0 bridgehead atoms. The number of carboxylic acids is 1. The Morgan fingerprint density at radius 3 is 2.73 bits per heavy atom. The molecule has 0 fully saturated rings. The number of carbonyl (C=O) groups is 2. The van der Waals surface area contributed by atoms with Crippen LogP contribution in [0.25, 0.3) is 11.2 Å². The Kier molecular flexibility index (Phi) is 4.25. The molecule has 2 heterocycles. The van der Waals surface area contributed by atoms with Crippen molar-refractivity contribution in [2.75, 3.05) is 5.32 Å². The van der Waals surface area contributed by atoms with Crippen LogP contribution in [0.3, 0.4) is 0 Å². The van der Waals surface area contributed by atoms with Crippen LogP contribution in [0.5, 0.6) is 0 Å². The van der Waals surface area contributed by atoms with E-state index in [0.717, 1.165) is 0 Å². The summed E-state index contributed by atoms with van der Waals surface area (Å²) in [6, 6.07) is 0. The number of nitrogens with one attached hydrogen (secondary N) is 1. The Bertz CT molecular complexity index is 710. The highest BCUT2D eigenvalue weighted by molar-refractivity contribution is 5.93. The number of hydrogen-bond donors (Lipinski definition) is 2. The van der Waals surface area contributed by atoms with Gasteiger partial charge in [0, 0.05) is 0 Å². The fourth-order valence-electron chi connectivity index (χ4n) is 1.68. The van der Waals surface area contributed by atoms with E-state index in [4.69, 9.17) is 9.84 Å². The summed E-state index contributed by atoms with van der Waals surface area (Å²) in [4.78, 5) is 34.7. The highest BCUT2D eigenvalue weighted by Gasteiger charge is 2.22. The first-order chi connectivity index (χ1) is 10.3. The van der Waals surface area contributed by atoms with Gasteiger partial charge in [-0.3, -0.25) is 10.1 Å². The highest BCUT2D eigenvalue weighted by Crippen LogP contribution is 2.19. The van der Waals surface area contributed by atoms with E-state index in [1.165, 1.54) is 17.2 Å². The Morgan fingerprint density at radius 1 is 1.36 bits per heavy atom. The van der Waals surface area contributed by atoms with E-state index in [0.29, 0.717) is 17.6 Å². The third kappa shape index (κ3) is 3.48. The van der Waals surface area contributed by atoms with E-state index in [-0.39, 0.29) is 12.4 Å². The number of aliphatic carboxylic acids is 1. The highest BCUT2D eigenvalue weighted by atomic mass is 16.6. The maximum Gasteiger partial charge on any atom is 0.413 e. The number of anilines is 1. The minimum atomic E-state index is -1.02. The molecule has 0 spiro atoms. The first-order valence-electron chi connectivity index (χ1n) is 6.70. The predicted molar refractivity (Wildman–Crippen MR) is 77.4 cm³/mol. The third-order valence-electron chi connectivity index (χ3n) is 3.15. The summed E-state index contributed by atoms with van der Waals surface area (Å²) in [5, 5.41) is 11.3. The van der Waals surface area contributed by atoms with E-state index in [1.807, 2.05) is 6.92 Å². The van der Waals surface area contributed by atoms with Gasteiger partial charge in [-0.1, -0.05) is 6.92 Å². The molecule has 0 saturated carbocycles. The van der Waals surface area contributed by atoms with Crippen LogP contribution < -0.4 is 5.32 Å². The fourth-order valence-corrected chi connectivity index (χ4v) is 1.68. The molecule has 2 aromatic rings. The van der Waals surface area contributed by atoms with Gasteiger partial charge in [-0.2, -0.15) is 0 Å². The molecule has 22 heavy (non-hydrogen) atoms. The Balaban J connectivity index is 2.23. The van der Waals surface area contributed by atoms with E-state index in [9.17, 15) is 9.59 Å². The zero-order valence-electron chi connectivity index (χ0n) is 12.5. The molecule has 0 unspecified atom stereocenters. The molecule has 0 aromatic carbocycles. The smallest absolute Gasteiger partial charge is 0.413 e. The second kappa shape index (κ2) is 5.96. The predicted octanol–water partition coefficient (Wildman–Crippen LogP) is 1.65. The lowest BCUT2D eigenvalue weighted by molar-refractivity contribution is -0.137. The molecular weight excluding hydrogens is 290 g/mol. The van der Waals surface area contributed by atoms with Gasteiger partial charge >= 0.3 is 12.1 Å². The Morgan fingerprint density at radius 2 is 2.09 bits per heavy atom. The standard InChI is InChI=1S/C13H17N5O4/c1-4-13(2,3)22-12(21)17-10-9-11(15-6-14-10)18(7-16-9)5-8(19)20/h6-7H,4-5H2,1-3H3,(H,19,20)(H,14,15,17,21). The molecule has 1 amide bonds. The second-order valence-electron chi connectivity index (χ2n) is 5.29. The van der Waals surface area contributed by atoms with E-state index < -0.39 is 17.7 Å². The van der Waals surface area contributed by atoms with Gasteiger partial charge in [0.15, 0.2) is 17.0 Å². The molecule has 2 rings (SSSR count). The van der Waals surface area contributed by atoms with Gasteiger partial charge in [0.25, 0.3) is 0 Å². The van der Waals surface area contributed by atoms with Crippen LogP contribution in [0.2, 0.25) is 0 Å². The molecule has 0 radical (unpaired) electrons. The number of fused-ring (bicyclic) bond motifs is 1. The molecule has 2 N–H and O–H groups in total. The van der Waals surface area contributed by atoms with Crippen LogP contribution >= 0.6 is 0 Å². The van der Waals surface area contributed by atoms with Crippen LogP contribution in [-0.2, 0) is 16.1 Å². The van der Waals surface area contributed by atoms with Crippen molar-refractivity contribution in [1.82, 2.24) is 19.5 Å². The molecule has 118 valence electrons. The molecule has 2 aromatic heterocycles. The number of rotatable bonds is 5. The molecule has 9 nitrogen and oxygen atoms in total. The minimum absolute atomic E-state index is 0.172. The van der Waals surface area contributed by atoms with Gasteiger partial charge in [0.05, 0.1) is 6.33 Å². The van der Waals surface area contributed by atoms with Gasteiger partial charge in [-0.05, 0) is 20.3 Å². The van der Waals surface area contributed by atoms with Crippen LogP contribution in [0.1, 0.15) is 27.2 Å². The van der Waals surface area contributed by atoms with E-state index in [2.05, 4.69) is 20.3 Å². The number of ether oxygens (including phenoxy) is 1. The van der Waals surface area contributed by atoms with Crippen LogP contribution in [-0.4, -0.2) is 42.3 Å². The maximum atomic E-state index is 11.9. The monoisotopic (exact) mass is 307 g/mol. The summed E-state index contributed by atoms with van der Waals surface area (Å²) in [6.45, 7) is 5.22. The van der Waals surface area contributed by atoms with Crippen LogP contribution in [0, 0.1) is 0 Å². The van der Waals surface area contributed by atoms with Crippen molar-refractivity contribution in [3.63, 3.8) is 0 Å². The average molecular weight is 307 g/mol. The molecule has 0 atom stereocenters. The zero-order chi connectivity index (χ0) is 16.3. The number of amides is 1. The first-order valence-corrected chi connectivity index (χ1v) is 6.70. The fraction of sp³-hybridized carbons (Fsp3) is 0.462. The van der Waals surface area contributed by atoms with E-state index >= 15 is 0 Å². The Hall–Kier alpha value is -2.71. The summed E-state index contributed by atoms with van der Waals surface area (Å²) < 4.78 is 6.63. The number of aromatic nitrogens is 4. The average Bonchev–Trinajstić information content (AvgIpc) is 2.82. The number of imidazole rings is 1. The molecule has 0 aliphatic heterocycles. The lowest BCUT2D eigenvalue weighted by atomic mass is 10.1. The van der Waals surface area contributed by atoms with Crippen molar-refractivity contribution in [2.45, 2.75) is 39.3 Å². The van der Waals surface area contributed by atoms with Crippen molar-refractivity contribution in [1.29, 1.82) is 0 Å².